The van der Waals surface area contributed by atoms with E-state index in [2.05, 4.69) is 31.0 Å². The average molecular weight is 543 g/mol. The first kappa shape index (κ1) is 29.3. The van der Waals surface area contributed by atoms with Crippen molar-refractivity contribution in [2.45, 2.75) is 43.5 Å². The summed E-state index contributed by atoms with van der Waals surface area (Å²) in [5.74, 6) is 3.49. The number of nitrogens with one attached hydrogen (secondary N) is 1. The molecule has 0 saturated heterocycles. The number of likely N-dealkylation sites (N-methyl/N-ethyl adjacent to an activating group) is 1. The van der Waals surface area contributed by atoms with Gasteiger partial charge in [-0.1, -0.05) is 38.6 Å². The third-order valence-electron chi connectivity index (χ3n) is 5.86. The number of benzene rings is 1. The van der Waals surface area contributed by atoms with E-state index >= 15 is 0 Å². The maximum atomic E-state index is 12.2. The molecule has 0 aliphatic rings. The van der Waals surface area contributed by atoms with Gasteiger partial charge < -0.3 is 28.8 Å². The van der Waals surface area contributed by atoms with Crippen molar-refractivity contribution in [2.24, 2.45) is 0 Å². The number of hydrogen-bond donors (Lipinski definition) is 1. The Morgan fingerprint density at radius 2 is 1.82 bits per heavy atom. The molecule has 0 radical (unpaired) electrons. The Morgan fingerprint density at radius 1 is 1.05 bits per heavy atom. The molecule has 10 heteroatoms. The minimum atomic E-state index is -0.261. The fourth-order valence-electron chi connectivity index (χ4n) is 3.57. The lowest BCUT2D eigenvalue weighted by Gasteiger charge is -2.23. The number of nitrogens with zero attached hydrogens (tertiary/aromatic N) is 3. The Balaban J connectivity index is 1.70. The van der Waals surface area contributed by atoms with Gasteiger partial charge in [-0.2, -0.15) is 0 Å². The molecule has 3 aromatic rings. The maximum absolute atomic E-state index is 12.2. The second kappa shape index (κ2) is 13.5. The first-order chi connectivity index (χ1) is 18.1. The molecule has 1 N–H and O–H groups in total. The number of aromatic nitrogens is 2. The first-order valence-electron chi connectivity index (χ1n) is 12.4. The van der Waals surface area contributed by atoms with E-state index < -0.39 is 0 Å². The Morgan fingerprint density at radius 3 is 2.50 bits per heavy atom. The van der Waals surface area contributed by atoms with Crippen LogP contribution in [-0.4, -0.2) is 63.9 Å². The Kier molecular flexibility index (Phi) is 10.4. The summed E-state index contributed by atoms with van der Waals surface area (Å²) < 4.78 is 21.5. The van der Waals surface area contributed by atoms with Crippen LogP contribution in [0.25, 0.3) is 0 Å². The number of rotatable bonds is 13. The van der Waals surface area contributed by atoms with Crippen LogP contribution in [0.4, 0.5) is 5.82 Å². The molecule has 1 aromatic carbocycles. The lowest BCUT2D eigenvalue weighted by atomic mass is 9.92. The minimum Gasteiger partial charge on any atom is -0.493 e. The quantitative estimate of drug-likeness (QED) is 0.187. The molecule has 2 heterocycles. The smallest absolute Gasteiger partial charge is 0.287 e. The minimum absolute atomic E-state index is 0.144. The third-order valence-corrected chi connectivity index (χ3v) is 6.73. The number of carbonyl (C=O) groups excluding carboxylic acids is 1. The van der Waals surface area contributed by atoms with Crippen molar-refractivity contribution in [1.82, 2.24) is 15.3 Å². The van der Waals surface area contributed by atoms with Gasteiger partial charge in [-0.3, -0.25) is 4.79 Å². The summed E-state index contributed by atoms with van der Waals surface area (Å²) in [6.07, 6.45) is 0.815. The van der Waals surface area contributed by atoms with Crippen LogP contribution in [0.15, 0.2) is 46.0 Å². The second-order valence-corrected chi connectivity index (χ2v) is 10.8. The van der Waals surface area contributed by atoms with Gasteiger partial charge >= 0.3 is 0 Å². The summed E-state index contributed by atoms with van der Waals surface area (Å²) in [6.45, 7) is 8.05. The second-order valence-electron chi connectivity index (χ2n) is 9.81. The number of ether oxygens (including phenoxy) is 3. The predicted octanol–water partition coefficient (Wildman–Crippen LogP) is 4.73. The van der Waals surface area contributed by atoms with Gasteiger partial charge in [-0.05, 0) is 36.2 Å². The topological polar surface area (TPSA) is 99.0 Å². The molecule has 0 aliphatic heterocycles. The number of furan rings is 1. The van der Waals surface area contributed by atoms with Crippen LogP contribution in [0, 0.1) is 0 Å². The molecule has 0 spiro atoms. The summed E-state index contributed by atoms with van der Waals surface area (Å²) in [5.41, 5.74) is 1.96. The highest BCUT2D eigenvalue weighted by Gasteiger charge is 2.20. The number of hydrogen-bond acceptors (Lipinski definition) is 9. The van der Waals surface area contributed by atoms with Crippen molar-refractivity contribution >= 4 is 23.5 Å². The zero-order valence-corrected chi connectivity index (χ0v) is 24.1. The summed E-state index contributed by atoms with van der Waals surface area (Å²) in [6, 6.07) is 11.5. The van der Waals surface area contributed by atoms with Crippen molar-refractivity contribution in [1.29, 1.82) is 0 Å². The Bertz CT molecular complexity index is 1210. The van der Waals surface area contributed by atoms with Crippen LogP contribution in [0.2, 0.25) is 0 Å². The van der Waals surface area contributed by atoms with E-state index in [0.29, 0.717) is 35.6 Å². The molecule has 0 bridgehead atoms. The lowest BCUT2D eigenvalue weighted by molar-refractivity contribution is 0.0908. The first-order valence-corrected chi connectivity index (χ1v) is 13.4. The van der Waals surface area contributed by atoms with Crippen LogP contribution < -0.4 is 19.7 Å². The fraction of sp³-hybridized carbons (Fsp3) is 0.464. The number of amides is 1. The summed E-state index contributed by atoms with van der Waals surface area (Å²) >= 11 is 1.48. The summed E-state index contributed by atoms with van der Waals surface area (Å²) in [4.78, 5) is 24.0. The molecule has 0 unspecified atom stereocenters. The van der Waals surface area contributed by atoms with Crippen LogP contribution in [-0.2, 0) is 22.3 Å². The average Bonchev–Trinajstić information content (AvgIpc) is 3.39. The van der Waals surface area contributed by atoms with Gasteiger partial charge in [0.15, 0.2) is 22.4 Å². The van der Waals surface area contributed by atoms with E-state index in [1.165, 1.54) is 11.8 Å². The van der Waals surface area contributed by atoms with E-state index in [9.17, 15) is 4.79 Å². The molecule has 0 fully saturated rings. The number of carbonyl (C=O) groups is 1. The SMILES string of the molecule is COCCNC(=O)c1ccc(CSc2nc(N(C)CCc3ccc(OC)c(OC)c3)cc(C(C)(C)C)n2)o1. The molecule has 1 amide bonds. The van der Waals surface area contributed by atoms with Crippen molar-refractivity contribution < 1.29 is 23.4 Å². The Labute approximate surface area is 229 Å². The van der Waals surface area contributed by atoms with Crippen molar-refractivity contribution in [3.63, 3.8) is 0 Å². The van der Waals surface area contributed by atoms with E-state index in [0.717, 1.165) is 35.8 Å². The maximum Gasteiger partial charge on any atom is 0.287 e. The lowest BCUT2D eigenvalue weighted by Crippen LogP contribution is -2.26. The summed E-state index contributed by atoms with van der Waals surface area (Å²) in [5, 5.41) is 3.42. The van der Waals surface area contributed by atoms with E-state index in [1.807, 2.05) is 37.4 Å². The van der Waals surface area contributed by atoms with Crippen LogP contribution >= 0.6 is 11.8 Å². The molecular weight excluding hydrogens is 504 g/mol. The largest absolute Gasteiger partial charge is 0.493 e. The van der Waals surface area contributed by atoms with Crippen molar-refractivity contribution in [3.8, 4) is 11.5 Å². The zero-order valence-electron chi connectivity index (χ0n) is 23.3. The number of anilines is 1. The molecule has 0 aliphatic carbocycles. The highest BCUT2D eigenvalue weighted by atomic mass is 32.2. The molecule has 206 valence electrons. The zero-order chi connectivity index (χ0) is 27.7. The van der Waals surface area contributed by atoms with Crippen LogP contribution in [0.5, 0.6) is 11.5 Å². The standard InChI is InChI=1S/C28H38N4O5S/c1-28(2,3)24-17-25(32(4)14-12-19-8-10-21(35-6)23(16-19)36-7)31-27(30-24)38-18-20-9-11-22(37-20)26(33)29-13-15-34-5/h8-11,16-17H,12-15,18H2,1-7H3,(H,29,33). The van der Waals surface area contributed by atoms with Gasteiger partial charge in [0.25, 0.3) is 5.91 Å². The molecule has 38 heavy (non-hydrogen) atoms. The van der Waals surface area contributed by atoms with Gasteiger partial charge in [0, 0.05) is 38.7 Å². The molecule has 0 atom stereocenters. The fourth-order valence-corrected chi connectivity index (χ4v) is 4.32. The summed E-state index contributed by atoms with van der Waals surface area (Å²) in [7, 11) is 6.90. The molecule has 2 aromatic heterocycles. The number of methoxy groups -OCH3 is 3. The monoisotopic (exact) mass is 542 g/mol. The van der Waals surface area contributed by atoms with E-state index in [-0.39, 0.29) is 17.1 Å². The number of thioether (sulfide) groups is 1. The van der Waals surface area contributed by atoms with Gasteiger partial charge in [0.05, 0.1) is 32.3 Å². The van der Waals surface area contributed by atoms with Crippen molar-refractivity contribution in [2.75, 3.05) is 53.0 Å². The molecule has 0 saturated carbocycles. The van der Waals surface area contributed by atoms with E-state index in [1.54, 1.807) is 27.4 Å². The molecular formula is C28H38N4O5S. The highest BCUT2D eigenvalue weighted by molar-refractivity contribution is 7.98. The van der Waals surface area contributed by atoms with E-state index in [4.69, 9.17) is 28.6 Å². The van der Waals surface area contributed by atoms with Gasteiger partial charge in [-0.15, -0.1) is 0 Å². The third kappa shape index (κ3) is 8.13. The van der Waals surface area contributed by atoms with Gasteiger partial charge in [0.2, 0.25) is 0 Å². The van der Waals surface area contributed by atoms with Crippen LogP contribution in [0.3, 0.4) is 0 Å². The normalized spacial score (nSPS) is 11.3. The molecule has 9 nitrogen and oxygen atoms in total. The Hall–Kier alpha value is -3.24. The molecule has 3 rings (SSSR count). The highest BCUT2D eigenvalue weighted by Crippen LogP contribution is 2.30. The van der Waals surface area contributed by atoms with Crippen molar-refractivity contribution in [3.05, 3.63) is 59.2 Å². The van der Waals surface area contributed by atoms with Crippen LogP contribution in [0.1, 0.15) is 48.3 Å². The predicted molar refractivity (Wildman–Crippen MR) is 150 cm³/mol. The van der Waals surface area contributed by atoms with Gasteiger partial charge in [-0.25, -0.2) is 9.97 Å². The van der Waals surface area contributed by atoms with Gasteiger partial charge in [0.1, 0.15) is 11.6 Å².